The van der Waals surface area contributed by atoms with Crippen LogP contribution in [0.25, 0.3) is 0 Å². The number of nitrogens with zero attached hydrogens (tertiary/aromatic N) is 5. The summed E-state index contributed by atoms with van der Waals surface area (Å²) in [6.07, 6.45) is 12.3. The standard InChI is InChI=1S/C20H29N5O3.C17H25BN4O6.CH4/c1-15-9-10-19(27)24(15)12-5-8-18(26)23-11-3-2-7-17(22)20(28)25-13-4-6-16(25)14-21;23-14(4-2-8-22-15(24)5-6-16(22)25)20-11-9-12(19-10-11)17(26)21-7-1-3-13(21)18(27)28;/h9-10,16-17H,1-8,11-13,22H2,(H,23,26);5-6,11-13,19,27-28H,1-4,7-10H2,(H,20,23);1H4/t16-,17-;11-,12+,13+;/m01./s1. The third kappa shape index (κ3) is 13.3. The van der Waals surface area contributed by atoms with Crippen LogP contribution in [0.5, 0.6) is 0 Å². The van der Waals surface area contributed by atoms with Crippen molar-refractivity contribution < 1.29 is 43.6 Å². The minimum Gasteiger partial charge on any atom is -0.426 e. The van der Waals surface area contributed by atoms with Gasteiger partial charge in [0.25, 0.3) is 17.7 Å². The van der Waals surface area contributed by atoms with E-state index in [9.17, 15) is 43.6 Å². The zero-order valence-corrected chi connectivity index (χ0v) is 31.8. The molecule has 0 spiro atoms. The molecule has 0 bridgehead atoms. The van der Waals surface area contributed by atoms with Crippen molar-refractivity contribution in [1.82, 2.24) is 35.6 Å². The predicted molar refractivity (Wildman–Crippen MR) is 210 cm³/mol. The Morgan fingerprint density at radius 3 is 2.18 bits per heavy atom. The van der Waals surface area contributed by atoms with Crippen LogP contribution in [0.2, 0.25) is 0 Å². The normalized spacial score (nSPS) is 23.0. The van der Waals surface area contributed by atoms with Gasteiger partial charge in [-0.1, -0.05) is 14.0 Å². The number of hydrogen-bond acceptors (Lipinski definition) is 12. The predicted octanol–water partition coefficient (Wildman–Crippen LogP) is -1.02. The number of likely N-dealkylation sites (tertiary alicyclic amines) is 2. The summed E-state index contributed by atoms with van der Waals surface area (Å²) >= 11 is 0. The van der Waals surface area contributed by atoms with E-state index >= 15 is 0 Å². The molecule has 7 N–H and O–H groups in total. The molecule has 0 aromatic heterocycles. The van der Waals surface area contributed by atoms with Gasteiger partial charge in [0.2, 0.25) is 23.6 Å². The van der Waals surface area contributed by atoms with Crippen molar-refractivity contribution in [2.24, 2.45) is 5.73 Å². The smallest absolute Gasteiger partial charge is 0.426 e. The number of allylic oxidation sites excluding steroid dienone is 1. The molecule has 0 aromatic rings. The molecule has 312 valence electrons. The number of amides is 7. The van der Waals surface area contributed by atoms with Gasteiger partial charge in [0.05, 0.1) is 24.1 Å². The second kappa shape index (κ2) is 22.7. The number of imide groups is 1. The first-order chi connectivity index (χ1) is 26.8. The van der Waals surface area contributed by atoms with E-state index in [0.717, 1.165) is 37.0 Å². The van der Waals surface area contributed by atoms with Crippen LogP contribution in [0.15, 0.2) is 36.6 Å². The SMILES string of the molecule is C.C=C1C=CC(=O)N1CCCC(=O)NCCCC[C@H](N)C(=O)N1CCC[C@H]1C#N.O=C(CCCN1C(=O)C=CC1=O)N[C@H]1CN[C@H](C(=O)N2CCC[C@H]2B(O)O)C1. The molecule has 5 atom stereocenters. The Morgan fingerprint density at radius 1 is 0.912 bits per heavy atom. The molecule has 0 saturated carbocycles. The fraction of sp³-hybridized carbons (Fsp3) is 0.632. The van der Waals surface area contributed by atoms with E-state index in [1.807, 2.05) is 0 Å². The fourth-order valence-electron chi connectivity index (χ4n) is 7.41. The Hall–Kier alpha value is -4.90. The van der Waals surface area contributed by atoms with Gasteiger partial charge in [0, 0.05) is 82.1 Å². The van der Waals surface area contributed by atoms with Gasteiger partial charge in [-0.15, -0.1) is 0 Å². The molecule has 5 aliphatic heterocycles. The van der Waals surface area contributed by atoms with Crippen LogP contribution in [0.3, 0.4) is 0 Å². The van der Waals surface area contributed by atoms with Gasteiger partial charge in [0.1, 0.15) is 6.04 Å². The lowest BCUT2D eigenvalue weighted by Gasteiger charge is -2.26. The maximum absolute atomic E-state index is 12.6. The molecule has 0 aliphatic carbocycles. The van der Waals surface area contributed by atoms with Crippen molar-refractivity contribution in [3.8, 4) is 6.07 Å². The van der Waals surface area contributed by atoms with E-state index in [2.05, 4.69) is 28.6 Å². The highest BCUT2D eigenvalue weighted by Crippen LogP contribution is 2.22. The largest absolute Gasteiger partial charge is 0.475 e. The zero-order chi connectivity index (χ0) is 40.8. The zero-order valence-electron chi connectivity index (χ0n) is 31.8. The molecule has 19 heteroatoms. The van der Waals surface area contributed by atoms with E-state index in [0.29, 0.717) is 76.9 Å². The third-order valence-electron chi connectivity index (χ3n) is 10.5. The minimum atomic E-state index is -1.55. The first-order valence-electron chi connectivity index (χ1n) is 19.4. The van der Waals surface area contributed by atoms with Crippen LogP contribution in [0, 0.1) is 11.3 Å². The van der Waals surface area contributed by atoms with Crippen molar-refractivity contribution in [2.45, 2.75) is 115 Å². The van der Waals surface area contributed by atoms with Gasteiger partial charge in [-0.25, -0.2) is 0 Å². The lowest BCUT2D eigenvalue weighted by molar-refractivity contribution is -0.137. The molecule has 0 radical (unpaired) electrons. The van der Waals surface area contributed by atoms with Crippen LogP contribution in [-0.2, 0) is 33.6 Å². The number of unbranched alkanes of at least 4 members (excludes halogenated alkanes) is 1. The molecule has 5 rings (SSSR count). The molecule has 57 heavy (non-hydrogen) atoms. The summed E-state index contributed by atoms with van der Waals surface area (Å²) in [6, 6.07) is 0.553. The van der Waals surface area contributed by atoms with E-state index in [4.69, 9.17) is 11.0 Å². The lowest BCUT2D eigenvalue weighted by atomic mass is 9.77. The topological polar surface area (TPSA) is 259 Å². The number of carbonyl (C=O) groups is 7. The van der Waals surface area contributed by atoms with E-state index < -0.39 is 25.1 Å². The summed E-state index contributed by atoms with van der Waals surface area (Å²) in [5, 5.41) is 36.7. The second-order valence-corrected chi connectivity index (χ2v) is 14.6. The maximum atomic E-state index is 12.6. The van der Waals surface area contributed by atoms with Gasteiger partial charge in [-0.05, 0) is 70.3 Å². The summed E-state index contributed by atoms with van der Waals surface area (Å²) in [7, 11) is -1.55. The number of nitrogens with one attached hydrogen (secondary N) is 3. The van der Waals surface area contributed by atoms with Crippen molar-refractivity contribution >= 4 is 48.5 Å². The fourth-order valence-corrected chi connectivity index (χ4v) is 7.41. The summed E-state index contributed by atoms with van der Waals surface area (Å²) in [4.78, 5) is 89.1. The number of nitrogens with two attached hydrogens (primary N) is 1. The molecule has 5 heterocycles. The summed E-state index contributed by atoms with van der Waals surface area (Å²) in [6.45, 7) is 6.54. The summed E-state index contributed by atoms with van der Waals surface area (Å²) < 4.78 is 0. The molecule has 0 unspecified atom stereocenters. The van der Waals surface area contributed by atoms with Crippen LogP contribution in [-0.4, -0.2) is 147 Å². The Labute approximate surface area is 334 Å². The molecule has 0 aromatic carbocycles. The Morgan fingerprint density at radius 2 is 1.53 bits per heavy atom. The highest BCUT2D eigenvalue weighted by molar-refractivity contribution is 6.43. The second-order valence-electron chi connectivity index (χ2n) is 14.6. The Kier molecular flexibility index (Phi) is 18.5. The molecular weight excluding hydrogens is 737 g/mol. The number of carbonyl (C=O) groups excluding carboxylic acids is 7. The molecule has 5 aliphatic rings. The lowest BCUT2D eigenvalue weighted by Crippen LogP contribution is -2.51. The average molecular weight is 796 g/mol. The van der Waals surface area contributed by atoms with Gasteiger partial charge < -0.3 is 46.4 Å². The molecule has 18 nitrogen and oxygen atoms in total. The third-order valence-corrected chi connectivity index (χ3v) is 10.5. The van der Waals surface area contributed by atoms with Gasteiger partial charge in [0.15, 0.2) is 0 Å². The first kappa shape index (κ1) is 46.5. The van der Waals surface area contributed by atoms with Crippen LogP contribution >= 0.6 is 0 Å². The van der Waals surface area contributed by atoms with Crippen LogP contribution in [0.4, 0.5) is 0 Å². The van der Waals surface area contributed by atoms with E-state index in [1.54, 1.807) is 15.9 Å². The molecule has 3 saturated heterocycles. The van der Waals surface area contributed by atoms with E-state index in [-0.39, 0.29) is 73.8 Å². The minimum absolute atomic E-state index is 0. The monoisotopic (exact) mass is 795 g/mol. The van der Waals surface area contributed by atoms with Gasteiger partial charge in [-0.2, -0.15) is 5.26 Å². The van der Waals surface area contributed by atoms with E-state index in [1.165, 1.54) is 23.1 Å². The summed E-state index contributed by atoms with van der Waals surface area (Å²) in [5.74, 6) is -1.97. The highest BCUT2D eigenvalue weighted by Gasteiger charge is 2.41. The Bertz CT molecular complexity index is 1560. The van der Waals surface area contributed by atoms with Crippen molar-refractivity contribution in [2.75, 3.05) is 39.3 Å². The maximum Gasteiger partial charge on any atom is 0.475 e. The number of hydrogen-bond donors (Lipinski definition) is 6. The quantitative estimate of drug-likeness (QED) is 0.0588. The highest BCUT2D eigenvalue weighted by atomic mass is 16.4. The molecular formula is C38H58BN9O9. The first-order valence-corrected chi connectivity index (χ1v) is 19.4. The number of nitriles is 1. The van der Waals surface area contributed by atoms with Crippen molar-refractivity contribution in [3.63, 3.8) is 0 Å². The van der Waals surface area contributed by atoms with Crippen molar-refractivity contribution in [3.05, 3.63) is 36.6 Å². The van der Waals surface area contributed by atoms with Crippen LogP contribution < -0.4 is 21.7 Å². The molecule has 3 fully saturated rings. The van der Waals surface area contributed by atoms with Gasteiger partial charge >= 0.3 is 7.12 Å². The number of rotatable bonds is 17. The summed E-state index contributed by atoms with van der Waals surface area (Å²) in [5.41, 5.74) is 6.63. The van der Waals surface area contributed by atoms with Crippen LogP contribution in [0.1, 0.15) is 84.5 Å². The average Bonchev–Trinajstić information content (AvgIpc) is 4.03. The molecule has 7 amide bonds. The van der Waals surface area contributed by atoms with Gasteiger partial charge in [-0.3, -0.25) is 38.5 Å². The Balaban J connectivity index is 0.000000300. The van der Waals surface area contributed by atoms with Crippen molar-refractivity contribution in [1.29, 1.82) is 5.26 Å².